The maximum atomic E-state index is 5.91. The highest BCUT2D eigenvalue weighted by atomic mass is 16.5. The van der Waals surface area contributed by atoms with Gasteiger partial charge in [-0.3, -0.25) is 0 Å². The summed E-state index contributed by atoms with van der Waals surface area (Å²) in [5.74, 6) is 2.74. The molecule has 4 heteroatoms. The van der Waals surface area contributed by atoms with Crippen LogP contribution in [0.15, 0.2) is 16.1 Å². The fraction of sp³-hybridized carbons (Fsp3) is 0.733. The number of ether oxygens (including phenoxy) is 1. The van der Waals surface area contributed by atoms with Gasteiger partial charge >= 0.3 is 0 Å². The lowest BCUT2D eigenvalue weighted by molar-refractivity contribution is 0.190. The first-order valence-electron chi connectivity index (χ1n) is 7.06. The minimum Gasteiger partial charge on any atom is -0.425 e. The van der Waals surface area contributed by atoms with Gasteiger partial charge in [0.15, 0.2) is 0 Å². The number of hydrogen-bond acceptors (Lipinski definition) is 4. The standard InChI is InChI=1S/C15H22N2O2/c1-9(2)7-11-12(15(11,3)4)14-17-16-13(19-14)10-5-6-18-8-10/h7,10-12H,5-6,8H2,1-4H3/t10-,11+,12+/m0/s1. The van der Waals surface area contributed by atoms with Crippen LogP contribution in [0.1, 0.15) is 57.7 Å². The molecule has 0 N–H and O–H groups in total. The lowest BCUT2D eigenvalue weighted by Gasteiger charge is -1.99. The van der Waals surface area contributed by atoms with Gasteiger partial charge in [-0.15, -0.1) is 10.2 Å². The molecule has 1 saturated carbocycles. The average molecular weight is 262 g/mol. The van der Waals surface area contributed by atoms with Gasteiger partial charge in [0.2, 0.25) is 11.8 Å². The molecule has 3 atom stereocenters. The van der Waals surface area contributed by atoms with Crippen molar-refractivity contribution < 1.29 is 9.15 Å². The summed E-state index contributed by atoms with van der Waals surface area (Å²) in [6.07, 6.45) is 3.32. The Labute approximate surface area is 114 Å². The second-order valence-electron chi connectivity index (χ2n) is 6.61. The number of allylic oxidation sites excluding steroid dienone is 2. The maximum Gasteiger partial charge on any atom is 0.222 e. The number of hydrogen-bond donors (Lipinski definition) is 0. The quantitative estimate of drug-likeness (QED) is 0.784. The highest BCUT2D eigenvalue weighted by Crippen LogP contribution is 2.65. The summed E-state index contributed by atoms with van der Waals surface area (Å²) in [4.78, 5) is 0. The molecule has 1 aromatic heterocycles. The van der Waals surface area contributed by atoms with E-state index in [1.807, 2.05) is 0 Å². The van der Waals surface area contributed by atoms with Gasteiger partial charge in [0.25, 0.3) is 0 Å². The minimum atomic E-state index is 0.229. The van der Waals surface area contributed by atoms with Gasteiger partial charge in [-0.1, -0.05) is 25.5 Å². The summed E-state index contributed by atoms with van der Waals surface area (Å²) < 4.78 is 11.3. The van der Waals surface area contributed by atoms with E-state index < -0.39 is 0 Å². The van der Waals surface area contributed by atoms with Gasteiger partial charge in [-0.2, -0.15) is 0 Å². The van der Waals surface area contributed by atoms with Crippen molar-refractivity contribution in [3.05, 3.63) is 23.4 Å². The SMILES string of the molecule is CC(C)=C[C@@H]1[C@H](c2nnc([C@H]3CCOC3)o2)C1(C)C. The maximum absolute atomic E-state index is 5.91. The molecule has 19 heavy (non-hydrogen) atoms. The van der Waals surface area contributed by atoms with Crippen LogP contribution in [-0.4, -0.2) is 23.4 Å². The van der Waals surface area contributed by atoms with Crippen LogP contribution in [0.5, 0.6) is 0 Å². The second kappa shape index (κ2) is 4.44. The first-order valence-corrected chi connectivity index (χ1v) is 7.06. The van der Waals surface area contributed by atoms with E-state index in [9.17, 15) is 0 Å². The van der Waals surface area contributed by atoms with E-state index in [0.29, 0.717) is 24.4 Å². The van der Waals surface area contributed by atoms with Crippen molar-refractivity contribution in [2.45, 2.75) is 46.0 Å². The van der Waals surface area contributed by atoms with Crippen molar-refractivity contribution in [3.63, 3.8) is 0 Å². The van der Waals surface area contributed by atoms with E-state index in [-0.39, 0.29) is 5.41 Å². The molecule has 2 fully saturated rings. The number of rotatable bonds is 3. The van der Waals surface area contributed by atoms with Gasteiger partial charge in [0.05, 0.1) is 12.5 Å². The van der Waals surface area contributed by atoms with Crippen LogP contribution >= 0.6 is 0 Å². The van der Waals surface area contributed by atoms with Gasteiger partial charge in [-0.25, -0.2) is 0 Å². The molecule has 1 aliphatic heterocycles. The first-order chi connectivity index (χ1) is 9.00. The Morgan fingerprint density at radius 1 is 1.26 bits per heavy atom. The Kier molecular flexibility index (Phi) is 3.01. The van der Waals surface area contributed by atoms with E-state index in [1.54, 1.807) is 0 Å². The lowest BCUT2D eigenvalue weighted by Crippen LogP contribution is -1.97. The van der Waals surface area contributed by atoms with Gasteiger partial charge < -0.3 is 9.15 Å². The topological polar surface area (TPSA) is 48.2 Å². The van der Waals surface area contributed by atoms with E-state index in [0.717, 1.165) is 24.8 Å². The van der Waals surface area contributed by atoms with Crippen LogP contribution in [0.3, 0.4) is 0 Å². The summed E-state index contributed by atoms with van der Waals surface area (Å²) in [7, 11) is 0. The Bertz CT molecular complexity index is 494. The zero-order valence-electron chi connectivity index (χ0n) is 12.1. The molecule has 3 rings (SSSR count). The predicted octanol–water partition coefficient (Wildman–Crippen LogP) is 3.28. The Morgan fingerprint density at radius 2 is 2.00 bits per heavy atom. The largest absolute Gasteiger partial charge is 0.425 e. The first kappa shape index (κ1) is 12.9. The van der Waals surface area contributed by atoms with Crippen molar-refractivity contribution in [1.82, 2.24) is 10.2 Å². The molecule has 0 spiro atoms. The number of nitrogens with zero attached hydrogens (tertiary/aromatic N) is 2. The van der Waals surface area contributed by atoms with Crippen LogP contribution in [0.25, 0.3) is 0 Å². The van der Waals surface area contributed by atoms with Crippen molar-refractivity contribution in [2.24, 2.45) is 11.3 Å². The van der Waals surface area contributed by atoms with Crippen LogP contribution in [0, 0.1) is 11.3 Å². The average Bonchev–Trinajstić information content (AvgIpc) is 2.84. The summed E-state index contributed by atoms with van der Waals surface area (Å²) in [5.41, 5.74) is 1.58. The van der Waals surface area contributed by atoms with E-state index in [4.69, 9.17) is 9.15 Å². The van der Waals surface area contributed by atoms with Gasteiger partial charge in [0.1, 0.15) is 0 Å². The molecule has 104 valence electrons. The van der Waals surface area contributed by atoms with E-state index in [2.05, 4.69) is 44.0 Å². The molecule has 0 aromatic carbocycles. The Morgan fingerprint density at radius 3 is 2.63 bits per heavy atom. The third-order valence-electron chi connectivity index (χ3n) is 4.42. The van der Waals surface area contributed by atoms with Crippen molar-refractivity contribution in [1.29, 1.82) is 0 Å². The molecule has 0 unspecified atom stereocenters. The van der Waals surface area contributed by atoms with Crippen LogP contribution < -0.4 is 0 Å². The third kappa shape index (κ3) is 2.22. The summed E-state index contributed by atoms with van der Waals surface area (Å²) in [6.45, 7) is 10.3. The molecule has 0 amide bonds. The van der Waals surface area contributed by atoms with Crippen molar-refractivity contribution >= 4 is 0 Å². The van der Waals surface area contributed by atoms with Gasteiger partial charge in [0, 0.05) is 12.5 Å². The van der Waals surface area contributed by atoms with Crippen LogP contribution in [-0.2, 0) is 4.74 Å². The molecular weight excluding hydrogens is 240 g/mol. The summed E-state index contributed by atoms with van der Waals surface area (Å²) >= 11 is 0. The van der Waals surface area contributed by atoms with Gasteiger partial charge in [-0.05, 0) is 31.6 Å². The van der Waals surface area contributed by atoms with Crippen molar-refractivity contribution in [3.8, 4) is 0 Å². The minimum absolute atomic E-state index is 0.229. The zero-order chi connectivity index (χ0) is 13.6. The fourth-order valence-corrected chi connectivity index (χ4v) is 3.09. The smallest absolute Gasteiger partial charge is 0.222 e. The summed E-state index contributed by atoms with van der Waals surface area (Å²) in [6, 6.07) is 0. The molecule has 1 saturated heterocycles. The molecule has 2 heterocycles. The molecule has 1 aromatic rings. The monoisotopic (exact) mass is 262 g/mol. The molecule has 2 aliphatic rings. The lowest BCUT2D eigenvalue weighted by atomic mass is 10.1. The van der Waals surface area contributed by atoms with Crippen LogP contribution in [0.4, 0.5) is 0 Å². The van der Waals surface area contributed by atoms with Crippen molar-refractivity contribution in [2.75, 3.05) is 13.2 Å². The zero-order valence-corrected chi connectivity index (χ0v) is 12.1. The van der Waals surface area contributed by atoms with E-state index in [1.165, 1.54) is 5.57 Å². The molecular formula is C15H22N2O2. The Balaban J connectivity index is 1.78. The molecule has 1 aliphatic carbocycles. The normalized spacial score (nSPS) is 32.3. The molecule has 0 bridgehead atoms. The highest BCUT2D eigenvalue weighted by molar-refractivity contribution is 5.26. The molecule has 4 nitrogen and oxygen atoms in total. The predicted molar refractivity (Wildman–Crippen MR) is 71.9 cm³/mol. The fourth-order valence-electron chi connectivity index (χ4n) is 3.09. The summed E-state index contributed by atoms with van der Waals surface area (Å²) in [5, 5.41) is 8.50. The number of aromatic nitrogens is 2. The van der Waals surface area contributed by atoms with Crippen LogP contribution in [0.2, 0.25) is 0 Å². The highest BCUT2D eigenvalue weighted by Gasteiger charge is 2.60. The second-order valence-corrected chi connectivity index (χ2v) is 6.61. The molecule has 0 radical (unpaired) electrons. The Hall–Kier alpha value is -1.16. The third-order valence-corrected chi connectivity index (χ3v) is 4.42. The van der Waals surface area contributed by atoms with E-state index >= 15 is 0 Å².